The third-order valence-electron chi connectivity index (χ3n) is 5.52. The number of benzene rings is 3. The van der Waals surface area contributed by atoms with E-state index in [1.165, 1.54) is 18.7 Å². The summed E-state index contributed by atoms with van der Waals surface area (Å²) in [6, 6.07) is 22.7. The number of nitrogens with one attached hydrogen (secondary N) is 2. The van der Waals surface area contributed by atoms with E-state index < -0.39 is 0 Å². The lowest BCUT2D eigenvalue weighted by Gasteiger charge is -2.12. The molecule has 0 spiro atoms. The van der Waals surface area contributed by atoms with E-state index in [0.717, 1.165) is 28.5 Å². The van der Waals surface area contributed by atoms with Crippen molar-refractivity contribution < 1.29 is 14.3 Å². The Bertz CT molecular complexity index is 1350. The van der Waals surface area contributed by atoms with Crippen LogP contribution in [0, 0.1) is 6.92 Å². The maximum atomic E-state index is 12.6. The molecule has 9 heteroatoms. The zero-order valence-electron chi connectivity index (χ0n) is 21.0. The number of ketones is 1. The predicted octanol–water partition coefficient (Wildman–Crippen LogP) is 5.52. The van der Waals surface area contributed by atoms with E-state index in [-0.39, 0.29) is 17.4 Å². The lowest BCUT2D eigenvalue weighted by atomic mass is 10.1. The van der Waals surface area contributed by atoms with Crippen LogP contribution in [0.15, 0.2) is 78.0 Å². The van der Waals surface area contributed by atoms with Crippen molar-refractivity contribution in [3.05, 3.63) is 89.7 Å². The van der Waals surface area contributed by atoms with Gasteiger partial charge in [-0.1, -0.05) is 29.5 Å². The molecule has 0 saturated heterocycles. The van der Waals surface area contributed by atoms with E-state index in [1.54, 1.807) is 24.3 Å². The molecular formula is C28H29N5O3S. The minimum absolute atomic E-state index is 0.0170. The molecule has 0 fully saturated rings. The molecule has 0 aliphatic heterocycles. The van der Waals surface area contributed by atoms with Crippen LogP contribution in [0.4, 0.5) is 11.4 Å². The smallest absolute Gasteiger partial charge is 0.234 e. The molecule has 190 valence electrons. The largest absolute Gasteiger partial charge is 0.494 e. The Hall–Kier alpha value is -4.11. The van der Waals surface area contributed by atoms with Gasteiger partial charge in [-0.3, -0.25) is 14.2 Å². The summed E-state index contributed by atoms with van der Waals surface area (Å²) < 4.78 is 7.47. The zero-order valence-corrected chi connectivity index (χ0v) is 21.8. The summed E-state index contributed by atoms with van der Waals surface area (Å²) in [4.78, 5) is 24.1. The molecule has 0 unspecified atom stereocenters. The molecule has 0 saturated carbocycles. The van der Waals surface area contributed by atoms with Crippen LogP contribution in [0.2, 0.25) is 0 Å². The van der Waals surface area contributed by atoms with Gasteiger partial charge in [-0.15, -0.1) is 10.2 Å². The molecule has 0 atom stereocenters. The molecule has 2 N–H and O–H groups in total. The molecule has 1 aromatic heterocycles. The number of hydrogen-bond donors (Lipinski definition) is 2. The topological polar surface area (TPSA) is 98.1 Å². The number of hydrogen-bond acceptors (Lipinski definition) is 7. The molecular weight excluding hydrogens is 486 g/mol. The molecule has 0 aliphatic rings. The Kier molecular flexibility index (Phi) is 8.58. The van der Waals surface area contributed by atoms with Gasteiger partial charge in [0.05, 0.1) is 18.9 Å². The Morgan fingerprint density at radius 1 is 0.919 bits per heavy atom. The van der Waals surface area contributed by atoms with Gasteiger partial charge < -0.3 is 15.4 Å². The molecule has 4 rings (SSSR count). The number of aromatic nitrogens is 3. The van der Waals surface area contributed by atoms with Crippen LogP contribution < -0.4 is 15.4 Å². The number of anilines is 2. The second kappa shape index (κ2) is 12.2. The fourth-order valence-corrected chi connectivity index (χ4v) is 4.36. The highest BCUT2D eigenvalue weighted by atomic mass is 32.2. The Morgan fingerprint density at radius 2 is 1.59 bits per heavy atom. The molecule has 37 heavy (non-hydrogen) atoms. The third-order valence-corrected chi connectivity index (χ3v) is 6.44. The lowest BCUT2D eigenvalue weighted by Crippen LogP contribution is -2.15. The first-order valence-corrected chi connectivity index (χ1v) is 12.9. The summed E-state index contributed by atoms with van der Waals surface area (Å²) in [5, 5.41) is 15.6. The molecule has 3 aromatic carbocycles. The van der Waals surface area contributed by atoms with Gasteiger partial charge in [0.25, 0.3) is 0 Å². The monoisotopic (exact) mass is 515 g/mol. The van der Waals surface area contributed by atoms with E-state index in [4.69, 9.17) is 4.74 Å². The minimum atomic E-state index is -0.173. The van der Waals surface area contributed by atoms with E-state index in [1.807, 2.05) is 66.9 Å². The lowest BCUT2D eigenvalue weighted by molar-refractivity contribution is -0.113. The number of thioether (sulfide) groups is 1. The van der Waals surface area contributed by atoms with E-state index in [0.29, 0.717) is 29.6 Å². The van der Waals surface area contributed by atoms with Crippen molar-refractivity contribution in [3.63, 3.8) is 0 Å². The first kappa shape index (κ1) is 26.0. The molecule has 1 heterocycles. The first-order chi connectivity index (χ1) is 17.9. The maximum absolute atomic E-state index is 12.6. The number of rotatable bonds is 11. The van der Waals surface area contributed by atoms with Crippen molar-refractivity contribution in [2.45, 2.75) is 32.5 Å². The van der Waals surface area contributed by atoms with Gasteiger partial charge >= 0.3 is 0 Å². The standard InChI is InChI=1S/C28H29N5O3S/c1-4-36-25-15-11-22(12-16-25)29-17-26-31-32-28(33(26)24-13-5-19(2)6-14-24)37-18-27(35)30-23-9-7-21(8-10-23)20(3)34/h5-16,29H,4,17-18H2,1-3H3,(H,30,35). The van der Waals surface area contributed by atoms with Crippen LogP contribution in [0.25, 0.3) is 5.69 Å². The predicted molar refractivity (Wildman–Crippen MR) is 147 cm³/mol. The Balaban J connectivity index is 1.46. The van der Waals surface area contributed by atoms with Crippen molar-refractivity contribution in [2.75, 3.05) is 23.0 Å². The van der Waals surface area contributed by atoms with E-state index in [2.05, 4.69) is 20.8 Å². The van der Waals surface area contributed by atoms with Gasteiger partial charge in [0.15, 0.2) is 16.8 Å². The average Bonchev–Trinajstić information content (AvgIpc) is 3.31. The number of ether oxygens (including phenoxy) is 1. The number of carbonyl (C=O) groups is 2. The van der Waals surface area contributed by atoms with Crippen LogP contribution in [-0.2, 0) is 11.3 Å². The Morgan fingerprint density at radius 3 is 2.24 bits per heavy atom. The summed E-state index contributed by atoms with van der Waals surface area (Å²) >= 11 is 1.31. The van der Waals surface area contributed by atoms with Crippen molar-refractivity contribution >= 4 is 34.8 Å². The number of Topliss-reactive ketones (excluding diaryl/α,β-unsaturated/α-hetero) is 1. The van der Waals surface area contributed by atoms with Gasteiger partial charge in [-0.05, 0) is 81.4 Å². The third kappa shape index (κ3) is 6.98. The highest BCUT2D eigenvalue weighted by molar-refractivity contribution is 7.99. The highest BCUT2D eigenvalue weighted by Gasteiger charge is 2.16. The normalized spacial score (nSPS) is 10.7. The van der Waals surface area contributed by atoms with Gasteiger partial charge in [0.1, 0.15) is 5.75 Å². The van der Waals surface area contributed by atoms with Crippen molar-refractivity contribution in [3.8, 4) is 11.4 Å². The zero-order chi connectivity index (χ0) is 26.2. The maximum Gasteiger partial charge on any atom is 0.234 e. The van der Waals surface area contributed by atoms with Crippen LogP contribution in [0.1, 0.15) is 35.6 Å². The van der Waals surface area contributed by atoms with Gasteiger partial charge in [-0.25, -0.2) is 0 Å². The fraction of sp³-hybridized carbons (Fsp3) is 0.214. The van der Waals surface area contributed by atoms with Crippen LogP contribution in [0.5, 0.6) is 5.75 Å². The van der Waals surface area contributed by atoms with Gasteiger partial charge in [-0.2, -0.15) is 0 Å². The first-order valence-electron chi connectivity index (χ1n) is 11.9. The summed E-state index contributed by atoms with van der Waals surface area (Å²) in [6.07, 6.45) is 0. The average molecular weight is 516 g/mol. The summed E-state index contributed by atoms with van der Waals surface area (Å²) in [7, 11) is 0. The van der Waals surface area contributed by atoms with Crippen molar-refractivity contribution in [1.82, 2.24) is 14.8 Å². The number of amides is 1. The van der Waals surface area contributed by atoms with Gasteiger partial charge in [0.2, 0.25) is 5.91 Å². The van der Waals surface area contributed by atoms with E-state index >= 15 is 0 Å². The molecule has 1 amide bonds. The molecule has 0 radical (unpaired) electrons. The number of aryl methyl sites for hydroxylation is 1. The second-order valence-corrected chi connectivity index (χ2v) is 9.29. The Labute approximate surface area is 220 Å². The minimum Gasteiger partial charge on any atom is -0.494 e. The van der Waals surface area contributed by atoms with Gasteiger partial charge in [0, 0.05) is 22.6 Å². The SMILES string of the molecule is CCOc1ccc(NCc2nnc(SCC(=O)Nc3ccc(C(C)=O)cc3)n2-c2ccc(C)cc2)cc1. The number of nitrogens with zero attached hydrogens (tertiary/aromatic N) is 3. The highest BCUT2D eigenvalue weighted by Crippen LogP contribution is 2.24. The summed E-state index contributed by atoms with van der Waals surface area (Å²) in [6.45, 7) is 6.57. The molecule has 0 aliphatic carbocycles. The van der Waals surface area contributed by atoms with E-state index in [9.17, 15) is 9.59 Å². The molecule has 4 aromatic rings. The summed E-state index contributed by atoms with van der Waals surface area (Å²) in [5.74, 6) is 1.51. The van der Waals surface area contributed by atoms with Crippen LogP contribution in [0.3, 0.4) is 0 Å². The number of carbonyl (C=O) groups excluding carboxylic acids is 2. The summed E-state index contributed by atoms with van der Waals surface area (Å²) in [5.41, 5.74) is 4.24. The van der Waals surface area contributed by atoms with Crippen LogP contribution >= 0.6 is 11.8 Å². The van der Waals surface area contributed by atoms with Crippen molar-refractivity contribution in [2.24, 2.45) is 0 Å². The van der Waals surface area contributed by atoms with Crippen molar-refractivity contribution in [1.29, 1.82) is 0 Å². The fourth-order valence-electron chi connectivity index (χ4n) is 3.59. The second-order valence-electron chi connectivity index (χ2n) is 8.35. The molecule has 0 bridgehead atoms. The molecule has 8 nitrogen and oxygen atoms in total. The van der Waals surface area contributed by atoms with Crippen LogP contribution in [-0.4, -0.2) is 38.8 Å². The quantitative estimate of drug-likeness (QED) is 0.200.